The first-order valence-electron chi connectivity index (χ1n) is 8.62. The topological polar surface area (TPSA) is 106 Å². The van der Waals surface area contributed by atoms with Crippen molar-refractivity contribution in [2.75, 3.05) is 46.3 Å². The van der Waals surface area contributed by atoms with Crippen molar-refractivity contribution in [1.82, 2.24) is 10.2 Å². The van der Waals surface area contributed by atoms with E-state index < -0.39 is 11.8 Å². The molecule has 1 aromatic carbocycles. The minimum absolute atomic E-state index is 0.212. The summed E-state index contributed by atoms with van der Waals surface area (Å²) in [5, 5.41) is 5.17. The monoisotopic (exact) mass is 379 g/mol. The number of nitrogens with one attached hydrogen (secondary N) is 2. The van der Waals surface area contributed by atoms with Crippen molar-refractivity contribution in [1.29, 1.82) is 0 Å². The van der Waals surface area contributed by atoms with E-state index in [1.807, 2.05) is 0 Å². The van der Waals surface area contributed by atoms with Crippen LogP contribution in [0.15, 0.2) is 18.2 Å². The smallest absolute Gasteiger partial charge is 0.409 e. The zero-order valence-electron chi connectivity index (χ0n) is 15.7. The zero-order chi connectivity index (χ0) is 19.8. The Balaban J connectivity index is 1.79. The number of rotatable bonds is 5. The van der Waals surface area contributed by atoms with Gasteiger partial charge in [0.25, 0.3) is 0 Å². The summed E-state index contributed by atoms with van der Waals surface area (Å²) >= 11 is 0. The van der Waals surface area contributed by atoms with E-state index in [9.17, 15) is 14.4 Å². The highest BCUT2D eigenvalue weighted by molar-refractivity contribution is 6.39. The Morgan fingerprint density at radius 1 is 1.04 bits per heavy atom. The number of amides is 3. The van der Waals surface area contributed by atoms with Crippen molar-refractivity contribution in [2.24, 2.45) is 5.92 Å². The van der Waals surface area contributed by atoms with Gasteiger partial charge < -0.3 is 29.7 Å². The molecule has 0 spiro atoms. The Morgan fingerprint density at radius 2 is 1.70 bits per heavy atom. The average molecular weight is 379 g/mol. The number of methoxy groups -OCH3 is 3. The van der Waals surface area contributed by atoms with E-state index in [2.05, 4.69) is 15.4 Å². The van der Waals surface area contributed by atoms with Crippen LogP contribution >= 0.6 is 0 Å². The van der Waals surface area contributed by atoms with E-state index in [0.29, 0.717) is 36.8 Å². The SMILES string of the molecule is COC(=O)N1CCC(CNC(=O)C(=O)Nc2ccc(OC)c(OC)c2)CC1. The second-order valence-electron chi connectivity index (χ2n) is 6.13. The van der Waals surface area contributed by atoms with Gasteiger partial charge >= 0.3 is 17.9 Å². The summed E-state index contributed by atoms with van der Waals surface area (Å²) in [5.41, 5.74) is 0.430. The standard InChI is InChI=1S/C18H25N3O6/c1-25-14-5-4-13(10-15(14)26-2)20-17(23)16(22)19-11-12-6-8-21(9-7-12)18(24)27-3/h4-5,10,12H,6-9,11H2,1-3H3,(H,19,22)(H,20,23). The molecule has 148 valence electrons. The van der Waals surface area contributed by atoms with E-state index in [4.69, 9.17) is 9.47 Å². The third-order valence-corrected chi connectivity index (χ3v) is 4.45. The van der Waals surface area contributed by atoms with E-state index in [1.165, 1.54) is 21.3 Å². The highest BCUT2D eigenvalue weighted by atomic mass is 16.5. The summed E-state index contributed by atoms with van der Waals surface area (Å²) in [6, 6.07) is 4.84. The van der Waals surface area contributed by atoms with Crippen molar-refractivity contribution in [3.8, 4) is 11.5 Å². The lowest BCUT2D eigenvalue weighted by molar-refractivity contribution is -0.136. The van der Waals surface area contributed by atoms with E-state index in [1.54, 1.807) is 23.1 Å². The third-order valence-electron chi connectivity index (χ3n) is 4.45. The molecule has 3 amide bonds. The number of carbonyl (C=O) groups excluding carboxylic acids is 3. The van der Waals surface area contributed by atoms with Gasteiger partial charge in [0.15, 0.2) is 11.5 Å². The first-order chi connectivity index (χ1) is 13.0. The molecule has 1 heterocycles. The summed E-state index contributed by atoms with van der Waals surface area (Å²) < 4.78 is 15.0. The highest BCUT2D eigenvalue weighted by Gasteiger charge is 2.24. The Labute approximate surface area is 157 Å². The third kappa shape index (κ3) is 5.50. The molecule has 0 radical (unpaired) electrons. The van der Waals surface area contributed by atoms with Crippen LogP contribution in [-0.2, 0) is 14.3 Å². The van der Waals surface area contributed by atoms with Crippen molar-refractivity contribution in [3.63, 3.8) is 0 Å². The first kappa shape index (κ1) is 20.3. The Bertz CT molecular complexity index is 686. The zero-order valence-corrected chi connectivity index (χ0v) is 15.7. The molecule has 0 saturated carbocycles. The largest absolute Gasteiger partial charge is 0.493 e. The maximum absolute atomic E-state index is 12.1. The minimum Gasteiger partial charge on any atom is -0.493 e. The molecule has 1 aliphatic rings. The van der Waals surface area contributed by atoms with Crippen LogP contribution in [0.25, 0.3) is 0 Å². The van der Waals surface area contributed by atoms with E-state index >= 15 is 0 Å². The predicted octanol–water partition coefficient (Wildman–Crippen LogP) is 1.24. The number of hydrogen-bond donors (Lipinski definition) is 2. The molecule has 0 aromatic heterocycles. The van der Waals surface area contributed by atoms with Crippen LogP contribution in [0.3, 0.4) is 0 Å². The van der Waals surface area contributed by atoms with Crippen LogP contribution in [0.2, 0.25) is 0 Å². The fourth-order valence-corrected chi connectivity index (χ4v) is 2.87. The quantitative estimate of drug-likeness (QED) is 0.746. The molecule has 9 nitrogen and oxygen atoms in total. The summed E-state index contributed by atoms with van der Waals surface area (Å²) in [5.74, 6) is -0.274. The van der Waals surface area contributed by atoms with E-state index in [0.717, 1.165) is 12.8 Å². The predicted molar refractivity (Wildman–Crippen MR) is 97.9 cm³/mol. The summed E-state index contributed by atoms with van der Waals surface area (Å²) in [6.07, 6.45) is 1.14. The Hall–Kier alpha value is -2.97. The van der Waals surface area contributed by atoms with Gasteiger partial charge in [-0.1, -0.05) is 0 Å². The second-order valence-corrected chi connectivity index (χ2v) is 6.13. The molecule has 27 heavy (non-hydrogen) atoms. The average Bonchev–Trinajstić information content (AvgIpc) is 2.71. The van der Waals surface area contributed by atoms with Crippen LogP contribution in [0.5, 0.6) is 11.5 Å². The van der Waals surface area contributed by atoms with Gasteiger partial charge in [-0.2, -0.15) is 0 Å². The number of nitrogens with zero attached hydrogens (tertiary/aromatic N) is 1. The molecule has 0 aliphatic carbocycles. The molecule has 1 aromatic rings. The number of piperidine rings is 1. The van der Waals surface area contributed by atoms with Crippen LogP contribution in [0, 0.1) is 5.92 Å². The van der Waals surface area contributed by atoms with Crippen LogP contribution in [-0.4, -0.2) is 63.8 Å². The van der Waals surface area contributed by atoms with Crippen LogP contribution in [0.1, 0.15) is 12.8 Å². The number of benzene rings is 1. The minimum atomic E-state index is -0.755. The molecule has 1 fully saturated rings. The molecule has 2 rings (SSSR count). The molecular weight excluding hydrogens is 354 g/mol. The van der Waals surface area contributed by atoms with E-state index in [-0.39, 0.29) is 12.0 Å². The molecular formula is C18H25N3O6. The maximum Gasteiger partial charge on any atom is 0.409 e. The van der Waals surface area contributed by atoms with Crippen molar-refractivity contribution >= 4 is 23.6 Å². The van der Waals surface area contributed by atoms with Crippen molar-refractivity contribution in [2.45, 2.75) is 12.8 Å². The Kier molecular flexibility index (Phi) is 7.27. The normalized spacial score (nSPS) is 14.3. The van der Waals surface area contributed by atoms with Gasteiger partial charge in [0.1, 0.15) is 0 Å². The van der Waals surface area contributed by atoms with Crippen LogP contribution in [0.4, 0.5) is 10.5 Å². The molecule has 1 aliphatic heterocycles. The van der Waals surface area contributed by atoms with Crippen molar-refractivity contribution in [3.05, 3.63) is 18.2 Å². The lowest BCUT2D eigenvalue weighted by Gasteiger charge is -2.30. The number of carbonyl (C=O) groups is 3. The van der Waals surface area contributed by atoms with Gasteiger partial charge in [-0.25, -0.2) is 4.79 Å². The van der Waals surface area contributed by atoms with Crippen molar-refractivity contribution < 1.29 is 28.6 Å². The number of likely N-dealkylation sites (tertiary alicyclic amines) is 1. The number of ether oxygens (including phenoxy) is 3. The molecule has 1 saturated heterocycles. The lowest BCUT2D eigenvalue weighted by Crippen LogP contribution is -2.43. The number of anilines is 1. The molecule has 0 atom stereocenters. The fraction of sp³-hybridized carbons (Fsp3) is 0.500. The summed E-state index contributed by atoms with van der Waals surface area (Å²) in [7, 11) is 4.35. The Morgan fingerprint density at radius 3 is 2.30 bits per heavy atom. The lowest BCUT2D eigenvalue weighted by atomic mass is 9.97. The molecule has 0 bridgehead atoms. The first-order valence-corrected chi connectivity index (χ1v) is 8.62. The van der Waals surface area contributed by atoms with Gasteiger partial charge in [-0.05, 0) is 30.9 Å². The van der Waals surface area contributed by atoms with Gasteiger partial charge in [-0.3, -0.25) is 9.59 Å². The van der Waals surface area contributed by atoms with Gasteiger partial charge in [0.2, 0.25) is 0 Å². The maximum atomic E-state index is 12.1. The molecule has 9 heteroatoms. The fourth-order valence-electron chi connectivity index (χ4n) is 2.87. The molecule has 0 unspecified atom stereocenters. The highest BCUT2D eigenvalue weighted by Crippen LogP contribution is 2.29. The summed E-state index contributed by atoms with van der Waals surface area (Å²) in [6.45, 7) is 1.53. The second kappa shape index (κ2) is 9.65. The van der Waals surface area contributed by atoms with Crippen LogP contribution < -0.4 is 20.1 Å². The number of hydrogen-bond acceptors (Lipinski definition) is 6. The molecule has 2 N–H and O–H groups in total. The van der Waals surface area contributed by atoms with Gasteiger partial charge in [0, 0.05) is 31.4 Å². The van der Waals surface area contributed by atoms with Gasteiger partial charge in [0.05, 0.1) is 21.3 Å². The van der Waals surface area contributed by atoms with Gasteiger partial charge in [-0.15, -0.1) is 0 Å². The summed E-state index contributed by atoms with van der Waals surface area (Å²) in [4.78, 5) is 37.2.